The average Bonchev–Trinajstić information content (AvgIpc) is 2.83. The van der Waals surface area contributed by atoms with E-state index in [0.29, 0.717) is 42.8 Å². The molecule has 0 aromatic heterocycles. The number of nitrogens with zero attached hydrogens (tertiary/aromatic N) is 1. The SMILES string of the molecule is CCCN(CCC)C(=O)COc1cccc(C(=O)NC(CCC(C)=O)C(=O)C(C)CC)c1CC. The zero-order chi connectivity index (χ0) is 25.7. The van der Waals surface area contributed by atoms with Crippen LogP contribution in [0.5, 0.6) is 5.75 Å². The smallest absolute Gasteiger partial charge is 0.260 e. The van der Waals surface area contributed by atoms with Crippen molar-refractivity contribution in [1.82, 2.24) is 10.2 Å². The Morgan fingerprint density at radius 1 is 1.03 bits per heavy atom. The van der Waals surface area contributed by atoms with Crippen molar-refractivity contribution in [2.75, 3.05) is 19.7 Å². The Balaban J connectivity index is 3.06. The Morgan fingerprint density at radius 2 is 1.68 bits per heavy atom. The van der Waals surface area contributed by atoms with Gasteiger partial charge in [-0.05, 0) is 51.2 Å². The average molecular weight is 475 g/mol. The second-order valence-electron chi connectivity index (χ2n) is 8.78. The van der Waals surface area contributed by atoms with Gasteiger partial charge >= 0.3 is 0 Å². The number of nitrogens with one attached hydrogen (secondary N) is 1. The van der Waals surface area contributed by atoms with Gasteiger partial charge in [-0.1, -0.05) is 40.7 Å². The fourth-order valence-electron chi connectivity index (χ4n) is 3.82. The number of ketones is 2. The van der Waals surface area contributed by atoms with E-state index in [1.54, 1.807) is 23.1 Å². The molecule has 0 radical (unpaired) electrons. The third kappa shape index (κ3) is 8.92. The lowest BCUT2D eigenvalue weighted by Crippen LogP contribution is -2.43. The standard InChI is InChI=1S/C27H42N2O5/c1-7-16-29(17-8-2)25(31)18-34-24-13-11-12-22(21(24)10-4)27(33)28-23(15-14-20(6)30)26(32)19(5)9-3/h11-13,19,23H,7-10,14-18H2,1-6H3,(H,28,33). The lowest BCUT2D eigenvalue weighted by atomic mass is 9.93. The summed E-state index contributed by atoms with van der Waals surface area (Å²) in [6, 6.07) is 4.44. The Bertz CT molecular complexity index is 830. The molecule has 2 unspecified atom stereocenters. The van der Waals surface area contributed by atoms with Crippen molar-refractivity contribution >= 4 is 23.4 Å². The molecule has 0 aliphatic carbocycles. The number of benzene rings is 1. The van der Waals surface area contributed by atoms with E-state index in [1.807, 2.05) is 34.6 Å². The van der Waals surface area contributed by atoms with Gasteiger partial charge < -0.3 is 19.7 Å². The number of carbonyl (C=O) groups excluding carboxylic acids is 4. The Kier molecular flexibility index (Phi) is 13.2. The third-order valence-corrected chi connectivity index (χ3v) is 5.95. The molecule has 1 aromatic rings. The maximum atomic E-state index is 13.2. The summed E-state index contributed by atoms with van der Waals surface area (Å²) in [5.41, 5.74) is 1.10. The summed E-state index contributed by atoms with van der Waals surface area (Å²) in [6.07, 6.45) is 3.45. The van der Waals surface area contributed by atoms with Crippen LogP contribution in [-0.2, 0) is 20.8 Å². The van der Waals surface area contributed by atoms with Crippen LogP contribution in [0.1, 0.15) is 89.6 Å². The summed E-state index contributed by atoms with van der Waals surface area (Å²) in [5, 5.41) is 2.85. The first kappa shape index (κ1) is 29.3. The Morgan fingerprint density at radius 3 is 2.21 bits per heavy atom. The Labute approximate surface area is 204 Å². The highest BCUT2D eigenvalue weighted by Crippen LogP contribution is 2.24. The second-order valence-corrected chi connectivity index (χ2v) is 8.78. The van der Waals surface area contributed by atoms with Crippen molar-refractivity contribution in [2.45, 2.75) is 86.1 Å². The summed E-state index contributed by atoms with van der Waals surface area (Å²) >= 11 is 0. The van der Waals surface area contributed by atoms with E-state index >= 15 is 0 Å². The van der Waals surface area contributed by atoms with Gasteiger partial charge in [0, 0.05) is 36.6 Å². The van der Waals surface area contributed by atoms with Crippen LogP contribution in [0.3, 0.4) is 0 Å². The quantitative estimate of drug-likeness (QED) is 0.384. The largest absolute Gasteiger partial charge is 0.483 e. The fourth-order valence-corrected chi connectivity index (χ4v) is 3.82. The number of rotatable bonds is 16. The minimum atomic E-state index is -0.723. The van der Waals surface area contributed by atoms with E-state index in [2.05, 4.69) is 5.32 Å². The predicted octanol–water partition coefficient (Wildman–Crippen LogP) is 4.36. The molecule has 0 aliphatic heterocycles. The molecule has 1 rings (SSSR count). The molecule has 0 spiro atoms. The third-order valence-electron chi connectivity index (χ3n) is 5.95. The van der Waals surface area contributed by atoms with Gasteiger partial charge in [0.15, 0.2) is 12.4 Å². The van der Waals surface area contributed by atoms with Crippen molar-refractivity contribution in [3.8, 4) is 5.75 Å². The molecule has 7 nitrogen and oxygen atoms in total. The van der Waals surface area contributed by atoms with Gasteiger partial charge in [0.25, 0.3) is 11.8 Å². The van der Waals surface area contributed by atoms with Gasteiger partial charge in [-0.25, -0.2) is 0 Å². The van der Waals surface area contributed by atoms with Crippen LogP contribution in [0.25, 0.3) is 0 Å². The molecule has 190 valence electrons. The van der Waals surface area contributed by atoms with E-state index in [4.69, 9.17) is 4.74 Å². The highest BCUT2D eigenvalue weighted by molar-refractivity contribution is 6.00. The second kappa shape index (κ2) is 15.3. The fraction of sp³-hybridized carbons (Fsp3) is 0.630. The molecule has 0 saturated carbocycles. The maximum Gasteiger partial charge on any atom is 0.260 e. The van der Waals surface area contributed by atoms with Crippen LogP contribution in [-0.4, -0.2) is 54.0 Å². The number of hydrogen-bond acceptors (Lipinski definition) is 5. The van der Waals surface area contributed by atoms with Gasteiger partial charge in [-0.15, -0.1) is 0 Å². The van der Waals surface area contributed by atoms with E-state index in [1.165, 1.54) is 6.92 Å². The first-order chi connectivity index (χ1) is 16.2. The highest BCUT2D eigenvalue weighted by Gasteiger charge is 2.26. The first-order valence-corrected chi connectivity index (χ1v) is 12.6. The minimum absolute atomic E-state index is 0.0225. The summed E-state index contributed by atoms with van der Waals surface area (Å²) < 4.78 is 5.86. The molecule has 2 atom stereocenters. The summed E-state index contributed by atoms with van der Waals surface area (Å²) in [6.45, 7) is 12.5. The number of hydrogen-bond donors (Lipinski definition) is 1. The molecule has 7 heteroatoms. The van der Waals surface area contributed by atoms with Crippen LogP contribution < -0.4 is 10.1 Å². The lowest BCUT2D eigenvalue weighted by Gasteiger charge is -2.23. The van der Waals surface area contributed by atoms with Crippen molar-refractivity contribution in [2.24, 2.45) is 5.92 Å². The molecule has 34 heavy (non-hydrogen) atoms. The van der Waals surface area contributed by atoms with Crippen molar-refractivity contribution in [3.05, 3.63) is 29.3 Å². The van der Waals surface area contributed by atoms with Gasteiger partial charge in [0.05, 0.1) is 6.04 Å². The van der Waals surface area contributed by atoms with E-state index in [9.17, 15) is 19.2 Å². The van der Waals surface area contributed by atoms with Gasteiger partial charge in [0.2, 0.25) is 0 Å². The molecule has 0 bridgehead atoms. The van der Waals surface area contributed by atoms with Crippen LogP contribution in [0.4, 0.5) is 0 Å². The number of amides is 2. The van der Waals surface area contributed by atoms with E-state index < -0.39 is 6.04 Å². The summed E-state index contributed by atoms with van der Waals surface area (Å²) in [5.74, 6) is -0.268. The number of ether oxygens (including phenoxy) is 1. The zero-order valence-electron chi connectivity index (χ0n) is 21.7. The highest BCUT2D eigenvalue weighted by atomic mass is 16.5. The van der Waals surface area contributed by atoms with Crippen LogP contribution in [0.15, 0.2) is 18.2 Å². The van der Waals surface area contributed by atoms with Gasteiger partial charge in [-0.2, -0.15) is 0 Å². The molecule has 0 aliphatic rings. The van der Waals surface area contributed by atoms with Crippen molar-refractivity contribution in [1.29, 1.82) is 0 Å². The minimum Gasteiger partial charge on any atom is -0.483 e. The van der Waals surface area contributed by atoms with Gasteiger partial charge in [-0.3, -0.25) is 14.4 Å². The molecule has 2 amide bonds. The summed E-state index contributed by atoms with van der Waals surface area (Å²) in [4.78, 5) is 51.9. The molecular formula is C27H42N2O5. The molecule has 1 N–H and O–H groups in total. The molecule has 0 fully saturated rings. The number of carbonyl (C=O) groups is 4. The van der Waals surface area contributed by atoms with Crippen molar-refractivity contribution in [3.63, 3.8) is 0 Å². The molecule has 0 saturated heterocycles. The van der Waals surface area contributed by atoms with Crippen LogP contribution in [0, 0.1) is 5.92 Å². The van der Waals surface area contributed by atoms with Gasteiger partial charge in [0.1, 0.15) is 11.5 Å². The lowest BCUT2D eigenvalue weighted by molar-refractivity contribution is -0.133. The van der Waals surface area contributed by atoms with Crippen LogP contribution in [0.2, 0.25) is 0 Å². The zero-order valence-corrected chi connectivity index (χ0v) is 21.7. The first-order valence-electron chi connectivity index (χ1n) is 12.6. The maximum absolute atomic E-state index is 13.2. The van der Waals surface area contributed by atoms with Crippen LogP contribution >= 0.6 is 0 Å². The molecule has 0 heterocycles. The number of Topliss-reactive ketones (excluding diaryl/α,β-unsaturated/α-hetero) is 2. The Hall–Kier alpha value is -2.70. The molecule has 1 aromatic carbocycles. The van der Waals surface area contributed by atoms with Crippen molar-refractivity contribution < 1.29 is 23.9 Å². The monoisotopic (exact) mass is 474 g/mol. The predicted molar refractivity (Wildman–Crippen MR) is 134 cm³/mol. The summed E-state index contributed by atoms with van der Waals surface area (Å²) in [7, 11) is 0. The topological polar surface area (TPSA) is 92.8 Å². The van der Waals surface area contributed by atoms with E-state index in [0.717, 1.165) is 12.8 Å². The molecular weight excluding hydrogens is 432 g/mol. The van der Waals surface area contributed by atoms with E-state index in [-0.39, 0.29) is 48.7 Å². The normalized spacial score (nSPS) is 12.5.